The Kier molecular flexibility index (Phi) is 9.58. The molecule has 0 spiro atoms. The van der Waals surface area contributed by atoms with Crippen molar-refractivity contribution in [2.45, 2.75) is 52.0 Å². The number of halogens is 1. The molecule has 2 amide bonds. The lowest BCUT2D eigenvalue weighted by molar-refractivity contribution is -0.123. The Bertz CT molecular complexity index is 1440. The first kappa shape index (κ1) is 29.7. The number of nitrogens with zero attached hydrogens (tertiary/aromatic N) is 1. The number of hydrogen-bond acceptors (Lipinski definition) is 6. The molecule has 0 saturated carbocycles. The SMILES string of the molecule is CC1=C(N2CCC(CC(=O)NC(C)c3ccco3)CC2)C(NC(=O)c2cccc(Cl)c2)=CC(S(C)(=O)=O)=CCC1. The number of allylic oxidation sites excluding steroid dienone is 3. The summed E-state index contributed by atoms with van der Waals surface area (Å²) in [7, 11) is -3.51. The molecule has 1 saturated heterocycles. The molecular weight excluding hydrogens is 550 g/mol. The van der Waals surface area contributed by atoms with Gasteiger partial charge in [-0.1, -0.05) is 23.7 Å². The van der Waals surface area contributed by atoms with Crippen LogP contribution >= 0.6 is 11.6 Å². The van der Waals surface area contributed by atoms with Crippen LogP contribution in [0.15, 0.2) is 81.1 Å². The third-order valence-electron chi connectivity index (χ3n) is 7.33. The largest absolute Gasteiger partial charge is 0.467 e. The van der Waals surface area contributed by atoms with Crippen LogP contribution in [0.4, 0.5) is 0 Å². The first-order valence-electron chi connectivity index (χ1n) is 13.5. The van der Waals surface area contributed by atoms with Crippen LogP contribution in [0, 0.1) is 5.92 Å². The van der Waals surface area contributed by atoms with Gasteiger partial charge >= 0.3 is 0 Å². The molecule has 10 heteroatoms. The summed E-state index contributed by atoms with van der Waals surface area (Å²) in [5.74, 6) is 0.552. The lowest BCUT2D eigenvalue weighted by atomic mass is 9.91. The van der Waals surface area contributed by atoms with Gasteiger partial charge in [-0.3, -0.25) is 9.59 Å². The van der Waals surface area contributed by atoms with E-state index in [1.165, 1.54) is 6.26 Å². The predicted octanol–water partition coefficient (Wildman–Crippen LogP) is 5.52. The van der Waals surface area contributed by atoms with E-state index >= 15 is 0 Å². The molecule has 0 bridgehead atoms. The number of likely N-dealkylation sites (tertiary alicyclic amines) is 1. The van der Waals surface area contributed by atoms with E-state index in [-0.39, 0.29) is 28.7 Å². The van der Waals surface area contributed by atoms with Crippen LogP contribution in [0.2, 0.25) is 5.02 Å². The van der Waals surface area contributed by atoms with E-state index < -0.39 is 9.84 Å². The minimum Gasteiger partial charge on any atom is -0.467 e. The molecule has 2 heterocycles. The summed E-state index contributed by atoms with van der Waals surface area (Å²) >= 11 is 6.11. The number of sulfone groups is 1. The normalized spacial score (nSPS) is 17.9. The quantitative estimate of drug-likeness (QED) is 0.422. The Morgan fingerprint density at radius 3 is 2.58 bits per heavy atom. The fraction of sp³-hybridized carbons (Fsp3) is 0.400. The van der Waals surface area contributed by atoms with E-state index in [4.69, 9.17) is 16.0 Å². The Morgan fingerprint density at radius 1 is 1.18 bits per heavy atom. The third-order valence-corrected chi connectivity index (χ3v) is 8.70. The summed E-state index contributed by atoms with van der Waals surface area (Å²) in [5.41, 5.74) is 2.72. The number of carbonyl (C=O) groups is 2. The second-order valence-electron chi connectivity index (χ2n) is 10.5. The molecule has 1 aromatic carbocycles. The highest BCUT2D eigenvalue weighted by atomic mass is 35.5. The number of nitrogens with one attached hydrogen (secondary N) is 2. The molecule has 1 unspecified atom stereocenters. The topological polar surface area (TPSA) is 109 Å². The minimum absolute atomic E-state index is 0.0130. The second-order valence-corrected chi connectivity index (χ2v) is 13.0. The average molecular weight is 586 g/mol. The van der Waals surface area contributed by atoms with Crippen LogP contribution < -0.4 is 10.6 Å². The Hall–Kier alpha value is -3.30. The zero-order chi connectivity index (χ0) is 28.9. The molecule has 1 fully saturated rings. The van der Waals surface area contributed by atoms with Gasteiger partial charge in [-0.25, -0.2) is 8.42 Å². The number of piperidine rings is 1. The summed E-state index contributed by atoms with van der Waals surface area (Å²) in [5, 5.41) is 6.42. The van der Waals surface area contributed by atoms with Crippen LogP contribution in [0.3, 0.4) is 0 Å². The van der Waals surface area contributed by atoms with Gasteiger partial charge in [0.2, 0.25) is 5.91 Å². The monoisotopic (exact) mass is 585 g/mol. The number of rotatable bonds is 8. The van der Waals surface area contributed by atoms with Gasteiger partial charge in [0.1, 0.15) is 5.76 Å². The fourth-order valence-corrected chi connectivity index (χ4v) is 6.14. The smallest absolute Gasteiger partial charge is 0.255 e. The molecular formula is C30H36ClN3O5S. The molecule has 0 radical (unpaired) electrons. The van der Waals surface area contributed by atoms with Gasteiger partial charge in [0.15, 0.2) is 9.84 Å². The Morgan fingerprint density at radius 2 is 1.93 bits per heavy atom. The standard InChI is InChI=1S/C30H36ClN3O5S/c1-20-7-4-10-25(40(3,37)38)19-26(33-30(36)23-8-5-9-24(31)18-23)29(20)34-14-12-22(13-15-34)17-28(35)32-21(2)27-11-6-16-39-27/h5-6,8-11,16,18-19,21-22H,4,7,12-15,17H2,1-3H3,(H,32,35)(H,33,36). The van der Waals surface area contributed by atoms with Crippen molar-refractivity contribution in [3.05, 3.63) is 93.0 Å². The summed E-state index contributed by atoms with van der Waals surface area (Å²) in [6, 6.07) is 10.1. The molecule has 214 valence electrons. The predicted molar refractivity (Wildman–Crippen MR) is 156 cm³/mol. The van der Waals surface area contributed by atoms with Gasteiger partial charge in [0.05, 0.1) is 28.6 Å². The number of amides is 2. The van der Waals surface area contributed by atoms with Crippen molar-refractivity contribution in [3.63, 3.8) is 0 Å². The molecule has 8 nitrogen and oxygen atoms in total. The van der Waals surface area contributed by atoms with Gasteiger partial charge in [0.25, 0.3) is 5.91 Å². The highest BCUT2D eigenvalue weighted by Crippen LogP contribution is 2.31. The van der Waals surface area contributed by atoms with Gasteiger partial charge in [-0.2, -0.15) is 0 Å². The molecule has 2 aliphatic rings. The van der Waals surface area contributed by atoms with Crippen molar-refractivity contribution >= 4 is 33.3 Å². The van der Waals surface area contributed by atoms with Gasteiger partial charge < -0.3 is 20.0 Å². The zero-order valence-corrected chi connectivity index (χ0v) is 24.6. The zero-order valence-electron chi connectivity index (χ0n) is 23.1. The molecule has 40 heavy (non-hydrogen) atoms. The summed E-state index contributed by atoms with van der Waals surface area (Å²) in [6.45, 7) is 5.28. The first-order valence-corrected chi connectivity index (χ1v) is 15.7. The van der Waals surface area contributed by atoms with Crippen LogP contribution in [0.1, 0.15) is 68.1 Å². The molecule has 1 atom stereocenters. The van der Waals surface area contributed by atoms with Crippen LogP contribution in [-0.4, -0.2) is 44.5 Å². The molecule has 2 N–H and O–H groups in total. The van der Waals surface area contributed by atoms with E-state index in [1.54, 1.807) is 48.7 Å². The lowest BCUT2D eigenvalue weighted by Gasteiger charge is -2.37. The third kappa shape index (κ3) is 7.67. The second kappa shape index (κ2) is 12.9. The van der Waals surface area contributed by atoms with E-state index in [0.717, 1.165) is 29.9 Å². The number of benzene rings is 1. The van der Waals surface area contributed by atoms with Crippen molar-refractivity contribution in [2.24, 2.45) is 5.92 Å². The van der Waals surface area contributed by atoms with Crippen molar-refractivity contribution in [2.75, 3.05) is 19.3 Å². The Balaban J connectivity index is 1.51. The molecule has 1 aromatic heterocycles. The number of hydrogen-bond donors (Lipinski definition) is 2. The maximum atomic E-state index is 13.2. The molecule has 2 aromatic rings. The summed E-state index contributed by atoms with van der Waals surface area (Å²) < 4.78 is 30.5. The van der Waals surface area contributed by atoms with Crippen LogP contribution in [0.5, 0.6) is 0 Å². The van der Waals surface area contributed by atoms with Crippen molar-refractivity contribution in [3.8, 4) is 0 Å². The van der Waals surface area contributed by atoms with E-state index in [2.05, 4.69) is 15.5 Å². The lowest BCUT2D eigenvalue weighted by Crippen LogP contribution is -2.39. The summed E-state index contributed by atoms with van der Waals surface area (Å²) in [6.07, 6.45) is 9.28. The average Bonchev–Trinajstić information content (AvgIpc) is 3.43. The highest BCUT2D eigenvalue weighted by molar-refractivity contribution is 7.94. The van der Waals surface area contributed by atoms with Gasteiger partial charge in [-0.05, 0) is 87.4 Å². The maximum Gasteiger partial charge on any atom is 0.255 e. The molecule has 1 aliphatic carbocycles. The minimum atomic E-state index is -3.51. The fourth-order valence-electron chi connectivity index (χ4n) is 5.20. The van der Waals surface area contributed by atoms with Gasteiger partial charge in [-0.15, -0.1) is 0 Å². The van der Waals surface area contributed by atoms with E-state index in [1.807, 2.05) is 19.9 Å². The van der Waals surface area contributed by atoms with Crippen molar-refractivity contribution < 1.29 is 22.4 Å². The maximum absolute atomic E-state index is 13.2. The summed E-state index contributed by atoms with van der Waals surface area (Å²) in [4.78, 5) is 28.3. The Labute approximate surface area is 241 Å². The van der Waals surface area contributed by atoms with Crippen molar-refractivity contribution in [1.82, 2.24) is 15.5 Å². The van der Waals surface area contributed by atoms with Crippen molar-refractivity contribution in [1.29, 1.82) is 0 Å². The number of furan rings is 1. The van der Waals surface area contributed by atoms with E-state index in [9.17, 15) is 18.0 Å². The molecule has 1 aliphatic heterocycles. The van der Waals surface area contributed by atoms with E-state index in [0.29, 0.717) is 48.6 Å². The van der Waals surface area contributed by atoms with Crippen LogP contribution in [0.25, 0.3) is 0 Å². The first-order chi connectivity index (χ1) is 19.0. The molecule has 4 rings (SSSR count). The highest BCUT2D eigenvalue weighted by Gasteiger charge is 2.28. The van der Waals surface area contributed by atoms with Crippen LogP contribution in [-0.2, 0) is 14.6 Å². The number of carbonyl (C=O) groups excluding carboxylic acids is 2. The van der Waals surface area contributed by atoms with Gasteiger partial charge in [0, 0.05) is 36.4 Å².